The Morgan fingerprint density at radius 1 is 0.522 bits per heavy atom. The van der Waals surface area contributed by atoms with Crippen LogP contribution in [0.25, 0.3) is 23.1 Å². The van der Waals surface area contributed by atoms with E-state index in [0.717, 1.165) is 0 Å². The van der Waals surface area contributed by atoms with Crippen LogP contribution in [0.1, 0.15) is 11.1 Å². The molecule has 0 saturated heterocycles. The zero-order valence-corrected chi connectivity index (χ0v) is 12.9. The molecule has 1 heteroatoms. The lowest BCUT2D eigenvalue weighted by Gasteiger charge is -1.92. The van der Waals surface area contributed by atoms with Crippen molar-refractivity contribution in [3.8, 4) is 0 Å². The van der Waals surface area contributed by atoms with E-state index in [1.807, 2.05) is 54.7 Å². The number of aromatic nitrogens is 1. The standard InChI is InChI=1S/C14H12.C8H7N/c1-3-7-13(8-4-1)11-12-14-9-5-2-6-10-14;1-2-4-8-7(3-1)5-6-9-8/h1-12H;1-6,9H. The monoisotopic (exact) mass is 297 g/mol. The summed E-state index contributed by atoms with van der Waals surface area (Å²) < 4.78 is 0. The Balaban J connectivity index is 0.000000149. The van der Waals surface area contributed by atoms with E-state index >= 15 is 0 Å². The summed E-state index contributed by atoms with van der Waals surface area (Å²) in [5.41, 5.74) is 3.67. The van der Waals surface area contributed by atoms with E-state index in [0.29, 0.717) is 0 Å². The summed E-state index contributed by atoms with van der Waals surface area (Å²) >= 11 is 0. The number of nitrogens with one attached hydrogen (secondary N) is 1. The van der Waals surface area contributed by atoms with Gasteiger partial charge in [0.2, 0.25) is 0 Å². The summed E-state index contributed by atoms with van der Waals surface area (Å²) in [6.07, 6.45) is 6.19. The maximum absolute atomic E-state index is 3.12. The van der Waals surface area contributed by atoms with Gasteiger partial charge in [-0.05, 0) is 28.6 Å². The van der Waals surface area contributed by atoms with E-state index in [2.05, 4.69) is 59.6 Å². The third-order valence-electron chi connectivity index (χ3n) is 3.53. The van der Waals surface area contributed by atoms with E-state index in [-0.39, 0.29) is 0 Å². The first-order chi connectivity index (χ1) is 11.4. The quantitative estimate of drug-likeness (QED) is 0.435. The summed E-state index contributed by atoms with van der Waals surface area (Å²) in [6.45, 7) is 0. The molecule has 1 nitrogen and oxygen atoms in total. The Hall–Kier alpha value is -3.06. The van der Waals surface area contributed by atoms with Gasteiger partial charge in [-0.15, -0.1) is 0 Å². The highest BCUT2D eigenvalue weighted by molar-refractivity contribution is 5.78. The number of H-pyrrole nitrogens is 1. The van der Waals surface area contributed by atoms with E-state index in [1.54, 1.807) is 0 Å². The topological polar surface area (TPSA) is 15.8 Å². The van der Waals surface area contributed by atoms with Crippen LogP contribution in [-0.2, 0) is 0 Å². The first-order valence-corrected chi connectivity index (χ1v) is 7.72. The predicted octanol–water partition coefficient (Wildman–Crippen LogP) is 6.02. The molecular formula is C22H19N. The van der Waals surface area contributed by atoms with Gasteiger partial charge in [-0.3, -0.25) is 0 Å². The molecule has 0 amide bonds. The average molecular weight is 297 g/mol. The highest BCUT2D eigenvalue weighted by atomic mass is 14.7. The summed E-state index contributed by atoms with van der Waals surface area (Å²) in [4.78, 5) is 3.12. The third kappa shape index (κ3) is 4.45. The van der Waals surface area contributed by atoms with Crippen molar-refractivity contribution in [1.29, 1.82) is 0 Å². The maximum Gasteiger partial charge on any atom is 0.0453 e. The molecule has 0 fully saturated rings. The van der Waals surface area contributed by atoms with Crippen molar-refractivity contribution in [2.75, 3.05) is 0 Å². The number of hydrogen-bond acceptors (Lipinski definition) is 0. The van der Waals surface area contributed by atoms with Gasteiger partial charge in [0.1, 0.15) is 0 Å². The molecule has 0 aliphatic rings. The van der Waals surface area contributed by atoms with Crippen molar-refractivity contribution in [1.82, 2.24) is 4.98 Å². The fourth-order valence-electron chi connectivity index (χ4n) is 2.32. The van der Waals surface area contributed by atoms with Crippen LogP contribution in [0.4, 0.5) is 0 Å². The zero-order valence-electron chi connectivity index (χ0n) is 12.9. The second kappa shape index (κ2) is 7.81. The van der Waals surface area contributed by atoms with Crippen LogP contribution in [0.3, 0.4) is 0 Å². The second-order valence-electron chi connectivity index (χ2n) is 5.22. The van der Waals surface area contributed by atoms with Gasteiger partial charge >= 0.3 is 0 Å². The van der Waals surface area contributed by atoms with Gasteiger partial charge in [0.15, 0.2) is 0 Å². The van der Waals surface area contributed by atoms with Crippen LogP contribution in [0.5, 0.6) is 0 Å². The molecule has 23 heavy (non-hydrogen) atoms. The molecule has 0 atom stereocenters. The van der Waals surface area contributed by atoms with Crippen molar-refractivity contribution < 1.29 is 0 Å². The SMILES string of the molecule is C(=Cc1ccccc1)c1ccccc1.c1ccc2[nH]ccc2c1. The Morgan fingerprint density at radius 2 is 1.04 bits per heavy atom. The van der Waals surface area contributed by atoms with Crippen molar-refractivity contribution in [3.05, 3.63) is 108 Å². The van der Waals surface area contributed by atoms with Gasteiger partial charge < -0.3 is 4.98 Å². The minimum absolute atomic E-state index is 1.21. The van der Waals surface area contributed by atoms with E-state index in [1.165, 1.54) is 22.0 Å². The molecule has 0 saturated carbocycles. The van der Waals surface area contributed by atoms with Crippen LogP contribution < -0.4 is 0 Å². The molecule has 112 valence electrons. The van der Waals surface area contributed by atoms with E-state index in [4.69, 9.17) is 0 Å². The lowest BCUT2D eigenvalue weighted by Crippen LogP contribution is -1.70. The van der Waals surface area contributed by atoms with Crippen LogP contribution >= 0.6 is 0 Å². The highest BCUT2D eigenvalue weighted by Gasteiger charge is 1.87. The summed E-state index contributed by atoms with van der Waals surface area (Å²) in [5, 5.41) is 1.28. The predicted molar refractivity (Wildman–Crippen MR) is 100 cm³/mol. The fourth-order valence-corrected chi connectivity index (χ4v) is 2.32. The minimum atomic E-state index is 1.21. The van der Waals surface area contributed by atoms with Gasteiger partial charge in [-0.1, -0.05) is 91.0 Å². The van der Waals surface area contributed by atoms with Crippen molar-refractivity contribution >= 4 is 23.1 Å². The summed E-state index contributed by atoms with van der Waals surface area (Å²) in [6, 6.07) is 30.9. The highest BCUT2D eigenvalue weighted by Crippen LogP contribution is 2.09. The number of aromatic amines is 1. The molecule has 1 heterocycles. The van der Waals surface area contributed by atoms with Gasteiger partial charge in [0, 0.05) is 11.7 Å². The van der Waals surface area contributed by atoms with E-state index < -0.39 is 0 Å². The Labute approximate surface area is 136 Å². The molecule has 0 aliphatic carbocycles. The van der Waals surface area contributed by atoms with Crippen molar-refractivity contribution in [2.45, 2.75) is 0 Å². The lowest BCUT2D eigenvalue weighted by molar-refractivity contribution is 1.48. The Kier molecular flexibility index (Phi) is 5.04. The van der Waals surface area contributed by atoms with Crippen molar-refractivity contribution in [2.24, 2.45) is 0 Å². The maximum atomic E-state index is 3.12. The fraction of sp³-hybridized carbons (Fsp3) is 0. The van der Waals surface area contributed by atoms with Gasteiger partial charge in [0.05, 0.1) is 0 Å². The van der Waals surface area contributed by atoms with Crippen LogP contribution in [-0.4, -0.2) is 4.98 Å². The van der Waals surface area contributed by atoms with Gasteiger partial charge in [-0.25, -0.2) is 0 Å². The minimum Gasteiger partial charge on any atom is -0.361 e. The summed E-state index contributed by atoms with van der Waals surface area (Å²) in [7, 11) is 0. The van der Waals surface area contributed by atoms with Crippen LogP contribution in [0.2, 0.25) is 0 Å². The smallest absolute Gasteiger partial charge is 0.0453 e. The normalized spacial score (nSPS) is 10.4. The number of benzene rings is 3. The summed E-state index contributed by atoms with van der Waals surface area (Å²) in [5.74, 6) is 0. The molecule has 0 aliphatic heterocycles. The molecule has 4 aromatic rings. The molecule has 1 aromatic heterocycles. The van der Waals surface area contributed by atoms with Gasteiger partial charge in [0.25, 0.3) is 0 Å². The number of para-hydroxylation sites is 1. The molecule has 0 bridgehead atoms. The van der Waals surface area contributed by atoms with Crippen molar-refractivity contribution in [3.63, 3.8) is 0 Å². The Bertz CT molecular complexity index is 786. The number of fused-ring (bicyclic) bond motifs is 1. The molecule has 0 unspecified atom stereocenters. The van der Waals surface area contributed by atoms with E-state index in [9.17, 15) is 0 Å². The molecule has 3 aromatic carbocycles. The third-order valence-corrected chi connectivity index (χ3v) is 3.53. The molecule has 1 N–H and O–H groups in total. The Morgan fingerprint density at radius 3 is 1.61 bits per heavy atom. The average Bonchev–Trinajstić information content (AvgIpc) is 3.11. The molecule has 0 spiro atoms. The largest absolute Gasteiger partial charge is 0.361 e. The second-order valence-corrected chi connectivity index (χ2v) is 5.22. The molecular weight excluding hydrogens is 278 g/mol. The van der Waals surface area contributed by atoms with Crippen LogP contribution in [0.15, 0.2) is 97.2 Å². The number of rotatable bonds is 2. The first-order valence-electron chi connectivity index (χ1n) is 7.72. The van der Waals surface area contributed by atoms with Crippen LogP contribution in [0, 0.1) is 0 Å². The molecule has 0 radical (unpaired) electrons. The zero-order chi connectivity index (χ0) is 15.7. The number of hydrogen-bond donors (Lipinski definition) is 1. The van der Waals surface area contributed by atoms with Gasteiger partial charge in [-0.2, -0.15) is 0 Å². The molecule has 4 rings (SSSR count). The first kappa shape index (κ1) is 14.9. The lowest BCUT2D eigenvalue weighted by atomic mass is 10.1.